The van der Waals surface area contributed by atoms with Crippen LogP contribution in [0.2, 0.25) is 0 Å². The third kappa shape index (κ3) is 3.77. The highest BCUT2D eigenvalue weighted by atomic mass is 32.1. The molecular weight excluding hydrogens is 376 g/mol. The van der Waals surface area contributed by atoms with E-state index >= 15 is 0 Å². The van der Waals surface area contributed by atoms with Crippen LogP contribution in [-0.4, -0.2) is 28.0 Å². The van der Waals surface area contributed by atoms with Crippen LogP contribution in [0.3, 0.4) is 0 Å². The molecule has 0 saturated heterocycles. The summed E-state index contributed by atoms with van der Waals surface area (Å²) in [6, 6.07) is 14.6. The van der Waals surface area contributed by atoms with Gasteiger partial charge in [0.2, 0.25) is 5.95 Å². The second-order valence-corrected chi connectivity index (χ2v) is 7.01. The maximum atomic E-state index is 11.6. The molecule has 2 aromatic heterocycles. The van der Waals surface area contributed by atoms with Crippen LogP contribution in [0.25, 0.3) is 21.5 Å². The minimum atomic E-state index is -0.400. The van der Waals surface area contributed by atoms with Gasteiger partial charge in [-0.2, -0.15) is 0 Å². The number of benzene rings is 2. The standard InChI is InChI=1S/C20H16N4O3S/c1-26-19(25)13-3-2-4-14(9-13)27-11-18-23-16-6-5-12(10-17(16)28-18)15-7-8-22-20(21)24-15/h2-10H,11H2,1H3,(H2,21,22,24). The largest absolute Gasteiger partial charge is 0.486 e. The average molecular weight is 392 g/mol. The quantitative estimate of drug-likeness (QED) is 0.517. The second kappa shape index (κ2) is 7.61. The first kappa shape index (κ1) is 17.9. The number of esters is 1. The summed E-state index contributed by atoms with van der Waals surface area (Å²) in [5.41, 5.74) is 8.71. The van der Waals surface area contributed by atoms with Gasteiger partial charge in [0.15, 0.2) is 0 Å². The molecule has 4 aromatic rings. The number of anilines is 1. The van der Waals surface area contributed by atoms with Crippen LogP contribution in [0.4, 0.5) is 5.95 Å². The molecule has 0 radical (unpaired) electrons. The molecule has 0 bridgehead atoms. The number of ether oxygens (including phenoxy) is 2. The lowest BCUT2D eigenvalue weighted by Crippen LogP contribution is -2.02. The van der Waals surface area contributed by atoms with Gasteiger partial charge in [-0.25, -0.2) is 19.7 Å². The molecule has 8 heteroatoms. The molecule has 2 aromatic carbocycles. The van der Waals surface area contributed by atoms with Crippen molar-refractivity contribution in [2.45, 2.75) is 6.61 Å². The van der Waals surface area contributed by atoms with Gasteiger partial charge in [-0.05, 0) is 36.4 Å². The summed E-state index contributed by atoms with van der Waals surface area (Å²) in [5.74, 6) is 0.424. The summed E-state index contributed by atoms with van der Waals surface area (Å²) in [4.78, 5) is 24.4. The Bertz CT molecular complexity index is 1160. The SMILES string of the molecule is COC(=O)c1cccc(OCc2nc3ccc(-c4ccnc(N)n4)cc3s2)c1. The molecular formula is C20H16N4O3S. The van der Waals surface area contributed by atoms with Crippen LogP contribution in [0.1, 0.15) is 15.4 Å². The first-order valence-electron chi connectivity index (χ1n) is 8.42. The van der Waals surface area contributed by atoms with Gasteiger partial charge < -0.3 is 15.2 Å². The second-order valence-electron chi connectivity index (χ2n) is 5.90. The molecule has 7 nitrogen and oxygen atoms in total. The Kier molecular flexibility index (Phi) is 4.86. The maximum absolute atomic E-state index is 11.6. The van der Waals surface area contributed by atoms with Crippen molar-refractivity contribution >= 4 is 33.5 Å². The fourth-order valence-electron chi connectivity index (χ4n) is 2.70. The fourth-order valence-corrected chi connectivity index (χ4v) is 3.62. The number of methoxy groups -OCH3 is 1. The molecule has 4 rings (SSSR count). The van der Waals surface area contributed by atoms with Gasteiger partial charge in [-0.3, -0.25) is 0 Å². The van der Waals surface area contributed by atoms with Crippen LogP contribution in [-0.2, 0) is 11.3 Å². The summed E-state index contributed by atoms with van der Waals surface area (Å²) in [6.45, 7) is 0.305. The minimum Gasteiger partial charge on any atom is -0.486 e. The Morgan fingerprint density at radius 2 is 2.04 bits per heavy atom. The first-order valence-corrected chi connectivity index (χ1v) is 9.23. The Labute approximate surface area is 164 Å². The summed E-state index contributed by atoms with van der Waals surface area (Å²) >= 11 is 1.54. The molecule has 0 aliphatic rings. The van der Waals surface area contributed by atoms with Crippen molar-refractivity contribution in [1.82, 2.24) is 15.0 Å². The maximum Gasteiger partial charge on any atom is 0.337 e. The Morgan fingerprint density at radius 1 is 1.14 bits per heavy atom. The van der Waals surface area contributed by atoms with E-state index in [0.29, 0.717) is 17.9 Å². The van der Waals surface area contributed by atoms with Gasteiger partial charge in [0.25, 0.3) is 0 Å². The topological polar surface area (TPSA) is 100 Å². The molecule has 0 aliphatic heterocycles. The Balaban J connectivity index is 1.53. The van der Waals surface area contributed by atoms with Gasteiger partial charge in [-0.1, -0.05) is 12.1 Å². The number of nitrogens with zero attached hydrogens (tertiary/aromatic N) is 3. The molecule has 0 fully saturated rings. The van der Waals surface area contributed by atoms with Crippen molar-refractivity contribution in [3.05, 3.63) is 65.3 Å². The van der Waals surface area contributed by atoms with Crippen molar-refractivity contribution in [2.24, 2.45) is 0 Å². The summed E-state index contributed by atoms with van der Waals surface area (Å²) in [6.07, 6.45) is 1.64. The first-order chi connectivity index (χ1) is 13.6. The van der Waals surface area contributed by atoms with Crippen molar-refractivity contribution in [3.63, 3.8) is 0 Å². The lowest BCUT2D eigenvalue weighted by atomic mass is 10.1. The number of carbonyl (C=O) groups is 1. The van der Waals surface area contributed by atoms with Crippen LogP contribution < -0.4 is 10.5 Å². The molecule has 0 amide bonds. The number of hydrogen-bond donors (Lipinski definition) is 1. The number of aromatic nitrogens is 3. The third-order valence-electron chi connectivity index (χ3n) is 4.02. The molecule has 140 valence electrons. The summed E-state index contributed by atoms with van der Waals surface area (Å²) < 4.78 is 11.5. The Morgan fingerprint density at radius 3 is 2.86 bits per heavy atom. The molecule has 0 aliphatic carbocycles. The molecule has 2 N–H and O–H groups in total. The van der Waals surface area contributed by atoms with Crippen molar-refractivity contribution in [1.29, 1.82) is 0 Å². The van der Waals surface area contributed by atoms with E-state index in [-0.39, 0.29) is 5.95 Å². The van der Waals surface area contributed by atoms with Crippen molar-refractivity contribution in [3.8, 4) is 17.0 Å². The number of hydrogen-bond acceptors (Lipinski definition) is 8. The van der Waals surface area contributed by atoms with Gasteiger partial charge in [-0.15, -0.1) is 11.3 Å². The van der Waals surface area contributed by atoms with E-state index in [1.54, 1.807) is 41.8 Å². The average Bonchev–Trinajstić information content (AvgIpc) is 3.14. The smallest absolute Gasteiger partial charge is 0.337 e. The normalized spacial score (nSPS) is 10.8. The fraction of sp³-hybridized carbons (Fsp3) is 0.100. The van der Waals surface area contributed by atoms with E-state index in [9.17, 15) is 4.79 Å². The van der Waals surface area contributed by atoms with Gasteiger partial charge in [0, 0.05) is 11.8 Å². The van der Waals surface area contributed by atoms with Gasteiger partial charge >= 0.3 is 5.97 Å². The van der Waals surface area contributed by atoms with Crippen LogP contribution in [0, 0.1) is 0 Å². The summed E-state index contributed by atoms with van der Waals surface area (Å²) in [7, 11) is 1.35. The van der Waals surface area contributed by atoms with Crippen LogP contribution >= 0.6 is 11.3 Å². The van der Waals surface area contributed by atoms with Crippen LogP contribution in [0.15, 0.2) is 54.7 Å². The van der Waals surface area contributed by atoms with E-state index in [1.807, 2.05) is 24.3 Å². The van der Waals surface area contributed by atoms with Gasteiger partial charge in [0.1, 0.15) is 17.4 Å². The molecule has 0 saturated carbocycles. The zero-order chi connectivity index (χ0) is 19.5. The van der Waals surface area contributed by atoms with Gasteiger partial charge in [0.05, 0.1) is 28.6 Å². The number of nitrogens with two attached hydrogens (primary N) is 1. The van der Waals surface area contributed by atoms with E-state index in [0.717, 1.165) is 26.5 Å². The molecule has 28 heavy (non-hydrogen) atoms. The summed E-state index contributed by atoms with van der Waals surface area (Å²) in [5, 5.41) is 0.831. The highest BCUT2D eigenvalue weighted by Gasteiger charge is 2.09. The molecule has 0 atom stereocenters. The molecule has 2 heterocycles. The zero-order valence-electron chi connectivity index (χ0n) is 15.0. The Hall–Kier alpha value is -3.52. The van der Waals surface area contributed by atoms with Crippen molar-refractivity contribution in [2.75, 3.05) is 12.8 Å². The van der Waals surface area contributed by atoms with E-state index in [4.69, 9.17) is 15.2 Å². The molecule has 0 spiro atoms. The highest BCUT2D eigenvalue weighted by Crippen LogP contribution is 2.28. The van der Waals surface area contributed by atoms with Crippen molar-refractivity contribution < 1.29 is 14.3 Å². The monoisotopic (exact) mass is 392 g/mol. The number of carbonyl (C=O) groups excluding carboxylic acids is 1. The third-order valence-corrected chi connectivity index (χ3v) is 5.01. The highest BCUT2D eigenvalue weighted by molar-refractivity contribution is 7.18. The van der Waals surface area contributed by atoms with E-state index in [1.165, 1.54) is 7.11 Å². The number of thiazole rings is 1. The predicted octanol–water partition coefficient (Wildman–Crippen LogP) is 3.70. The lowest BCUT2D eigenvalue weighted by molar-refractivity contribution is 0.0600. The van der Waals surface area contributed by atoms with E-state index < -0.39 is 5.97 Å². The lowest BCUT2D eigenvalue weighted by Gasteiger charge is -2.05. The zero-order valence-corrected chi connectivity index (χ0v) is 15.8. The van der Waals surface area contributed by atoms with E-state index in [2.05, 4.69) is 15.0 Å². The minimum absolute atomic E-state index is 0.241. The number of nitrogen functional groups attached to an aromatic ring is 1. The number of fused-ring (bicyclic) bond motifs is 1. The number of rotatable bonds is 5. The predicted molar refractivity (Wildman–Crippen MR) is 107 cm³/mol. The molecule has 0 unspecified atom stereocenters. The van der Waals surface area contributed by atoms with Crippen LogP contribution in [0.5, 0.6) is 5.75 Å².